The number of amides is 2. The SMILES string of the molecule is CCN(C(=O)N(C)C)C1CCCCC1CN. The Morgan fingerprint density at radius 3 is 2.44 bits per heavy atom. The minimum Gasteiger partial charge on any atom is -0.331 e. The number of urea groups is 1. The van der Waals surface area contributed by atoms with Crippen molar-refractivity contribution in [2.45, 2.75) is 38.6 Å². The molecule has 16 heavy (non-hydrogen) atoms. The molecule has 0 radical (unpaired) electrons. The molecule has 2 amide bonds. The van der Waals surface area contributed by atoms with E-state index in [1.54, 1.807) is 4.90 Å². The van der Waals surface area contributed by atoms with Crippen molar-refractivity contribution in [3.63, 3.8) is 0 Å². The van der Waals surface area contributed by atoms with Crippen molar-refractivity contribution < 1.29 is 4.79 Å². The van der Waals surface area contributed by atoms with E-state index < -0.39 is 0 Å². The second kappa shape index (κ2) is 6.09. The van der Waals surface area contributed by atoms with Gasteiger partial charge in [0.1, 0.15) is 0 Å². The van der Waals surface area contributed by atoms with E-state index >= 15 is 0 Å². The van der Waals surface area contributed by atoms with Crippen LogP contribution in [-0.4, -0.2) is 49.1 Å². The molecule has 1 aliphatic rings. The number of hydrogen-bond acceptors (Lipinski definition) is 2. The van der Waals surface area contributed by atoms with Gasteiger partial charge in [-0.25, -0.2) is 4.79 Å². The molecular weight excluding hydrogens is 202 g/mol. The number of carbonyl (C=O) groups excluding carboxylic acids is 1. The van der Waals surface area contributed by atoms with Gasteiger partial charge < -0.3 is 15.5 Å². The van der Waals surface area contributed by atoms with Crippen LogP contribution in [0.1, 0.15) is 32.6 Å². The first-order chi connectivity index (χ1) is 7.61. The molecule has 0 aromatic carbocycles. The van der Waals surface area contributed by atoms with E-state index in [1.807, 2.05) is 25.9 Å². The lowest BCUT2D eigenvalue weighted by molar-refractivity contribution is 0.109. The van der Waals surface area contributed by atoms with Gasteiger partial charge in [0.15, 0.2) is 0 Å². The van der Waals surface area contributed by atoms with Crippen LogP contribution in [-0.2, 0) is 0 Å². The third kappa shape index (κ3) is 2.88. The Labute approximate surface area is 98.8 Å². The highest BCUT2D eigenvalue weighted by atomic mass is 16.2. The zero-order chi connectivity index (χ0) is 12.1. The van der Waals surface area contributed by atoms with Crippen molar-refractivity contribution in [1.29, 1.82) is 0 Å². The zero-order valence-electron chi connectivity index (χ0n) is 10.8. The van der Waals surface area contributed by atoms with Crippen LogP contribution in [0.15, 0.2) is 0 Å². The highest BCUT2D eigenvalue weighted by molar-refractivity contribution is 5.74. The molecule has 2 unspecified atom stereocenters. The standard InChI is InChI=1S/C12H25N3O/c1-4-15(12(16)14(2)3)11-8-6-5-7-10(11)9-13/h10-11H,4-9,13H2,1-3H3. The average Bonchev–Trinajstić information content (AvgIpc) is 2.30. The maximum Gasteiger partial charge on any atom is 0.319 e. The minimum absolute atomic E-state index is 0.118. The van der Waals surface area contributed by atoms with Gasteiger partial charge in [-0.2, -0.15) is 0 Å². The summed E-state index contributed by atoms with van der Waals surface area (Å²) in [6, 6.07) is 0.464. The fraction of sp³-hybridized carbons (Fsp3) is 0.917. The van der Waals surface area contributed by atoms with Gasteiger partial charge in [-0.3, -0.25) is 0 Å². The van der Waals surface area contributed by atoms with Gasteiger partial charge in [-0.15, -0.1) is 0 Å². The van der Waals surface area contributed by atoms with Gasteiger partial charge in [0.25, 0.3) is 0 Å². The van der Waals surface area contributed by atoms with Crippen LogP contribution in [0.4, 0.5) is 4.79 Å². The second-order valence-electron chi connectivity index (χ2n) is 4.81. The molecule has 2 atom stereocenters. The maximum absolute atomic E-state index is 12.0. The topological polar surface area (TPSA) is 49.6 Å². The van der Waals surface area contributed by atoms with E-state index in [4.69, 9.17) is 5.73 Å². The lowest BCUT2D eigenvalue weighted by atomic mass is 9.83. The Bertz CT molecular complexity index is 230. The van der Waals surface area contributed by atoms with Crippen LogP contribution < -0.4 is 5.73 Å². The second-order valence-corrected chi connectivity index (χ2v) is 4.81. The Morgan fingerprint density at radius 1 is 1.31 bits per heavy atom. The van der Waals surface area contributed by atoms with Gasteiger partial charge in [-0.05, 0) is 32.2 Å². The summed E-state index contributed by atoms with van der Waals surface area (Å²) < 4.78 is 0. The molecule has 4 heteroatoms. The first-order valence-corrected chi connectivity index (χ1v) is 6.29. The summed E-state index contributed by atoms with van der Waals surface area (Å²) in [5, 5.41) is 0. The van der Waals surface area contributed by atoms with Crippen LogP contribution >= 0.6 is 0 Å². The minimum atomic E-state index is 0.118. The van der Waals surface area contributed by atoms with Crippen molar-refractivity contribution in [1.82, 2.24) is 9.80 Å². The van der Waals surface area contributed by atoms with Crippen molar-refractivity contribution in [3.8, 4) is 0 Å². The molecule has 0 aromatic rings. The Kier molecular flexibility index (Phi) is 5.06. The number of nitrogens with zero attached hydrogens (tertiary/aromatic N) is 2. The number of hydrogen-bond donors (Lipinski definition) is 1. The molecule has 1 rings (SSSR count). The van der Waals surface area contributed by atoms with Crippen LogP contribution in [0.5, 0.6) is 0 Å². The first-order valence-electron chi connectivity index (χ1n) is 6.29. The van der Waals surface area contributed by atoms with Crippen molar-refractivity contribution in [2.24, 2.45) is 11.7 Å². The van der Waals surface area contributed by atoms with Crippen LogP contribution in [0, 0.1) is 5.92 Å². The van der Waals surface area contributed by atoms with Crippen LogP contribution in [0.3, 0.4) is 0 Å². The predicted octanol–water partition coefficient (Wildman–Crippen LogP) is 1.51. The number of nitrogens with two attached hydrogens (primary N) is 1. The molecule has 94 valence electrons. The normalized spacial score (nSPS) is 25.2. The Hall–Kier alpha value is -0.770. The van der Waals surface area contributed by atoms with Crippen molar-refractivity contribution in [3.05, 3.63) is 0 Å². The summed E-state index contributed by atoms with van der Waals surface area (Å²) in [7, 11) is 3.62. The van der Waals surface area contributed by atoms with Crippen molar-refractivity contribution >= 4 is 6.03 Å². The van der Waals surface area contributed by atoms with Gasteiger partial charge >= 0.3 is 6.03 Å². The van der Waals surface area contributed by atoms with E-state index in [1.165, 1.54) is 19.3 Å². The van der Waals surface area contributed by atoms with Gasteiger partial charge in [0.2, 0.25) is 0 Å². The third-order valence-electron chi connectivity index (χ3n) is 3.54. The van der Waals surface area contributed by atoms with Crippen LogP contribution in [0.25, 0.3) is 0 Å². The molecule has 0 bridgehead atoms. The molecule has 0 saturated heterocycles. The summed E-state index contributed by atoms with van der Waals surface area (Å²) in [4.78, 5) is 15.7. The van der Waals surface area contributed by atoms with E-state index in [0.29, 0.717) is 18.5 Å². The predicted molar refractivity (Wildman–Crippen MR) is 66.3 cm³/mol. The maximum atomic E-state index is 12.0. The summed E-state index contributed by atoms with van der Waals surface area (Å²) in [6.45, 7) is 3.52. The monoisotopic (exact) mass is 227 g/mol. The molecule has 1 saturated carbocycles. The van der Waals surface area contributed by atoms with E-state index in [-0.39, 0.29) is 6.03 Å². The molecule has 0 heterocycles. The molecule has 1 aliphatic carbocycles. The smallest absolute Gasteiger partial charge is 0.319 e. The zero-order valence-corrected chi connectivity index (χ0v) is 10.8. The summed E-state index contributed by atoms with van der Waals surface area (Å²) in [5.41, 5.74) is 5.81. The average molecular weight is 227 g/mol. The third-order valence-corrected chi connectivity index (χ3v) is 3.54. The number of carbonyl (C=O) groups is 1. The van der Waals surface area contributed by atoms with Crippen LogP contribution in [0.2, 0.25) is 0 Å². The van der Waals surface area contributed by atoms with Gasteiger partial charge in [-0.1, -0.05) is 12.8 Å². The Balaban J connectivity index is 2.73. The van der Waals surface area contributed by atoms with Gasteiger partial charge in [0, 0.05) is 26.7 Å². The summed E-state index contributed by atoms with van der Waals surface area (Å²) >= 11 is 0. The lowest BCUT2D eigenvalue weighted by Gasteiger charge is -2.40. The number of rotatable bonds is 3. The molecule has 0 spiro atoms. The fourth-order valence-corrected chi connectivity index (χ4v) is 2.64. The highest BCUT2D eigenvalue weighted by Crippen LogP contribution is 2.28. The molecule has 0 aliphatic heterocycles. The first kappa shape index (κ1) is 13.3. The lowest BCUT2D eigenvalue weighted by Crippen LogP contribution is -2.51. The van der Waals surface area contributed by atoms with E-state index in [0.717, 1.165) is 13.0 Å². The quantitative estimate of drug-likeness (QED) is 0.794. The van der Waals surface area contributed by atoms with Crippen molar-refractivity contribution in [2.75, 3.05) is 27.2 Å². The van der Waals surface area contributed by atoms with E-state index in [2.05, 4.69) is 0 Å². The Morgan fingerprint density at radius 2 is 1.94 bits per heavy atom. The molecular formula is C12H25N3O. The molecule has 2 N–H and O–H groups in total. The molecule has 0 aromatic heterocycles. The molecule has 1 fully saturated rings. The fourth-order valence-electron chi connectivity index (χ4n) is 2.64. The molecule has 4 nitrogen and oxygen atoms in total. The van der Waals surface area contributed by atoms with Gasteiger partial charge in [0.05, 0.1) is 0 Å². The summed E-state index contributed by atoms with van der Waals surface area (Å²) in [6.07, 6.45) is 4.75. The summed E-state index contributed by atoms with van der Waals surface area (Å²) in [5.74, 6) is 0.484. The van der Waals surface area contributed by atoms with E-state index in [9.17, 15) is 4.79 Å². The largest absolute Gasteiger partial charge is 0.331 e. The highest BCUT2D eigenvalue weighted by Gasteiger charge is 2.31.